The minimum absolute atomic E-state index is 0.259. The van der Waals surface area contributed by atoms with Gasteiger partial charge in [-0.2, -0.15) is 0 Å². The zero-order chi connectivity index (χ0) is 14.9. The van der Waals surface area contributed by atoms with Crippen LogP contribution in [-0.2, 0) is 16.0 Å². The van der Waals surface area contributed by atoms with Crippen molar-refractivity contribution < 1.29 is 14.3 Å². The number of rotatable bonds is 4. The minimum Gasteiger partial charge on any atom is -0.497 e. The maximum atomic E-state index is 12.2. The van der Waals surface area contributed by atoms with Crippen LogP contribution >= 0.6 is 15.9 Å². The third-order valence-electron chi connectivity index (χ3n) is 3.60. The van der Waals surface area contributed by atoms with Crippen molar-refractivity contribution in [2.45, 2.75) is 31.5 Å². The molecule has 0 amide bonds. The number of fused-ring (bicyclic) bond motifs is 1. The molecule has 0 heterocycles. The molecule has 0 N–H and O–H groups in total. The largest absolute Gasteiger partial charge is 0.497 e. The van der Waals surface area contributed by atoms with Crippen LogP contribution in [0.25, 0.3) is 5.57 Å². The number of alkyl halides is 1. The van der Waals surface area contributed by atoms with E-state index in [2.05, 4.69) is 28.9 Å². The summed E-state index contributed by atoms with van der Waals surface area (Å²) in [6.45, 7) is 6.09. The van der Waals surface area contributed by atoms with Gasteiger partial charge in [-0.15, -0.1) is 0 Å². The van der Waals surface area contributed by atoms with Gasteiger partial charge in [0, 0.05) is 0 Å². The first-order chi connectivity index (χ1) is 9.41. The second-order valence-corrected chi connectivity index (χ2v) is 6.66. The van der Waals surface area contributed by atoms with E-state index >= 15 is 0 Å². The first kappa shape index (κ1) is 15.1. The first-order valence-electron chi connectivity index (χ1n) is 6.65. The third-order valence-corrected chi connectivity index (χ3v) is 4.32. The maximum absolute atomic E-state index is 12.2. The highest BCUT2D eigenvalue weighted by atomic mass is 79.9. The Morgan fingerprint density at radius 3 is 2.75 bits per heavy atom. The fourth-order valence-corrected chi connectivity index (χ4v) is 3.36. The number of benzene rings is 1. The SMILES string of the molecule is CCOC(=O)C(C)(Br)C1=C(C)Cc2ccc(OC)cc21. The second kappa shape index (κ2) is 5.60. The lowest BCUT2D eigenvalue weighted by Gasteiger charge is -2.24. The number of carbonyl (C=O) groups excluding carboxylic acids is 1. The van der Waals surface area contributed by atoms with Gasteiger partial charge < -0.3 is 9.47 Å². The van der Waals surface area contributed by atoms with Crippen molar-refractivity contribution in [2.24, 2.45) is 0 Å². The summed E-state index contributed by atoms with van der Waals surface area (Å²) in [4.78, 5) is 12.2. The molecule has 0 saturated carbocycles. The quantitative estimate of drug-likeness (QED) is 0.619. The topological polar surface area (TPSA) is 35.5 Å². The molecule has 1 atom stereocenters. The molecule has 0 bridgehead atoms. The van der Waals surface area contributed by atoms with Gasteiger partial charge in [0.2, 0.25) is 0 Å². The molecule has 20 heavy (non-hydrogen) atoms. The van der Waals surface area contributed by atoms with E-state index in [9.17, 15) is 4.79 Å². The fraction of sp³-hybridized carbons (Fsp3) is 0.438. The number of allylic oxidation sites excluding steroid dienone is 1. The molecule has 0 spiro atoms. The molecule has 3 nitrogen and oxygen atoms in total. The summed E-state index contributed by atoms with van der Waals surface area (Å²) in [5, 5.41) is 0. The summed E-state index contributed by atoms with van der Waals surface area (Å²) in [6, 6.07) is 5.99. The Kier molecular flexibility index (Phi) is 4.23. The predicted molar refractivity (Wildman–Crippen MR) is 83.3 cm³/mol. The molecule has 4 heteroatoms. The highest BCUT2D eigenvalue weighted by Gasteiger charge is 2.40. The Hall–Kier alpha value is -1.29. The molecule has 0 aromatic heterocycles. The Morgan fingerprint density at radius 2 is 2.15 bits per heavy atom. The molecule has 0 saturated heterocycles. The summed E-state index contributed by atoms with van der Waals surface area (Å²) in [7, 11) is 1.64. The van der Waals surface area contributed by atoms with Crippen LogP contribution in [0, 0.1) is 0 Å². The van der Waals surface area contributed by atoms with E-state index in [4.69, 9.17) is 9.47 Å². The highest BCUT2D eigenvalue weighted by Crippen LogP contribution is 2.45. The normalized spacial score (nSPS) is 16.6. The van der Waals surface area contributed by atoms with Gasteiger partial charge in [-0.3, -0.25) is 4.79 Å². The lowest BCUT2D eigenvalue weighted by atomic mass is 9.93. The Bertz CT molecular complexity index is 573. The van der Waals surface area contributed by atoms with Gasteiger partial charge >= 0.3 is 5.97 Å². The van der Waals surface area contributed by atoms with E-state index in [1.807, 2.05) is 26.0 Å². The molecular formula is C16H19BrO3. The van der Waals surface area contributed by atoms with Gasteiger partial charge in [0.1, 0.15) is 10.1 Å². The average molecular weight is 339 g/mol. The summed E-state index contributed by atoms with van der Waals surface area (Å²) in [5.41, 5.74) is 4.45. The van der Waals surface area contributed by atoms with E-state index in [1.165, 1.54) is 11.1 Å². The van der Waals surface area contributed by atoms with Gasteiger partial charge in [0.15, 0.2) is 0 Å². The van der Waals surface area contributed by atoms with E-state index < -0.39 is 4.32 Å². The number of carbonyl (C=O) groups is 1. The molecule has 2 rings (SSSR count). The first-order valence-corrected chi connectivity index (χ1v) is 7.44. The standard InChI is InChI=1S/C16H19BrO3/c1-5-20-15(18)16(3,17)14-10(2)8-11-6-7-12(19-4)9-13(11)14/h6-7,9H,5,8H2,1-4H3. The van der Waals surface area contributed by atoms with Crippen molar-refractivity contribution in [3.05, 3.63) is 34.9 Å². The van der Waals surface area contributed by atoms with Crippen molar-refractivity contribution in [1.82, 2.24) is 0 Å². The number of hydrogen-bond acceptors (Lipinski definition) is 3. The van der Waals surface area contributed by atoms with E-state index in [1.54, 1.807) is 7.11 Å². The Labute approximate surface area is 128 Å². The van der Waals surface area contributed by atoms with E-state index in [0.29, 0.717) is 6.61 Å². The van der Waals surface area contributed by atoms with Crippen LogP contribution < -0.4 is 4.74 Å². The molecule has 1 unspecified atom stereocenters. The van der Waals surface area contributed by atoms with Gasteiger partial charge in [0.05, 0.1) is 13.7 Å². The fourth-order valence-electron chi connectivity index (χ4n) is 2.70. The number of hydrogen-bond donors (Lipinski definition) is 0. The van der Waals surface area contributed by atoms with Crippen LogP contribution in [0.15, 0.2) is 23.8 Å². The lowest BCUT2D eigenvalue weighted by Crippen LogP contribution is -2.32. The van der Waals surface area contributed by atoms with Crippen molar-refractivity contribution in [2.75, 3.05) is 13.7 Å². The van der Waals surface area contributed by atoms with Crippen molar-refractivity contribution >= 4 is 27.5 Å². The smallest absolute Gasteiger partial charge is 0.327 e. The molecule has 1 aromatic rings. The summed E-state index contributed by atoms with van der Waals surface area (Å²) >= 11 is 3.56. The minimum atomic E-state index is -0.829. The summed E-state index contributed by atoms with van der Waals surface area (Å²) in [6.07, 6.45) is 0.856. The molecule has 0 radical (unpaired) electrons. The third kappa shape index (κ3) is 2.49. The number of esters is 1. The summed E-state index contributed by atoms with van der Waals surface area (Å²) < 4.78 is 9.65. The zero-order valence-corrected chi connectivity index (χ0v) is 13.8. The number of ether oxygens (including phenoxy) is 2. The van der Waals surface area contributed by atoms with E-state index in [0.717, 1.165) is 23.3 Å². The van der Waals surface area contributed by atoms with Crippen molar-refractivity contribution in [3.63, 3.8) is 0 Å². The predicted octanol–water partition coefficient (Wildman–Crippen LogP) is 3.74. The molecule has 108 valence electrons. The number of methoxy groups -OCH3 is 1. The van der Waals surface area contributed by atoms with Crippen LogP contribution in [0.3, 0.4) is 0 Å². The average Bonchev–Trinajstić information content (AvgIpc) is 2.74. The lowest BCUT2D eigenvalue weighted by molar-refractivity contribution is -0.143. The van der Waals surface area contributed by atoms with Crippen molar-refractivity contribution in [3.8, 4) is 5.75 Å². The van der Waals surface area contributed by atoms with Crippen LogP contribution in [0.5, 0.6) is 5.75 Å². The Balaban J connectivity index is 2.48. The van der Waals surface area contributed by atoms with E-state index in [-0.39, 0.29) is 5.97 Å². The molecule has 0 fully saturated rings. The van der Waals surface area contributed by atoms with Gasteiger partial charge in [0.25, 0.3) is 0 Å². The van der Waals surface area contributed by atoms with Crippen LogP contribution in [0.2, 0.25) is 0 Å². The van der Waals surface area contributed by atoms with Gasteiger partial charge in [-0.1, -0.05) is 27.6 Å². The van der Waals surface area contributed by atoms with Crippen LogP contribution in [0.4, 0.5) is 0 Å². The van der Waals surface area contributed by atoms with Crippen molar-refractivity contribution in [1.29, 1.82) is 0 Å². The molecular weight excluding hydrogens is 320 g/mol. The van der Waals surface area contributed by atoms with Gasteiger partial charge in [-0.25, -0.2) is 0 Å². The molecule has 1 aliphatic carbocycles. The molecule has 1 aliphatic rings. The Morgan fingerprint density at radius 1 is 1.45 bits per heavy atom. The zero-order valence-electron chi connectivity index (χ0n) is 12.2. The molecule has 0 aliphatic heterocycles. The molecule has 1 aromatic carbocycles. The summed E-state index contributed by atoms with van der Waals surface area (Å²) in [5.74, 6) is 0.535. The van der Waals surface area contributed by atoms with Crippen LogP contribution in [0.1, 0.15) is 31.9 Å². The highest BCUT2D eigenvalue weighted by molar-refractivity contribution is 9.10. The monoisotopic (exact) mass is 338 g/mol. The number of halogens is 1. The second-order valence-electron chi connectivity index (χ2n) is 5.08. The van der Waals surface area contributed by atoms with Gasteiger partial charge in [-0.05, 0) is 56.0 Å². The maximum Gasteiger partial charge on any atom is 0.327 e. The van der Waals surface area contributed by atoms with Crippen LogP contribution in [-0.4, -0.2) is 24.0 Å².